The van der Waals surface area contributed by atoms with Crippen LogP contribution in [-0.2, 0) is 20.7 Å². The summed E-state index contributed by atoms with van der Waals surface area (Å²) >= 11 is 0. The van der Waals surface area contributed by atoms with Crippen molar-refractivity contribution < 1.29 is 19.4 Å². The first-order valence-electron chi connectivity index (χ1n) is 5.55. The summed E-state index contributed by atoms with van der Waals surface area (Å²) in [7, 11) is 1.29. The number of amides is 1. The standard InChI is InChI=1S/C12H16N2O4/c1-18-10(12(16)17)8-14-11(15)6-5-9-4-2-3-7-13-9/h2-4,7,10H,5-6,8H2,1H3,(H,14,15)(H,16,17). The average Bonchev–Trinajstić information content (AvgIpc) is 2.38. The number of aromatic nitrogens is 1. The Morgan fingerprint density at radius 3 is 2.83 bits per heavy atom. The number of methoxy groups -OCH3 is 1. The number of carbonyl (C=O) groups excluding carboxylic acids is 1. The molecule has 0 saturated carbocycles. The maximum Gasteiger partial charge on any atom is 0.334 e. The van der Waals surface area contributed by atoms with Crippen LogP contribution in [0.15, 0.2) is 24.4 Å². The van der Waals surface area contributed by atoms with Crippen molar-refractivity contribution in [1.82, 2.24) is 10.3 Å². The van der Waals surface area contributed by atoms with Crippen molar-refractivity contribution in [2.75, 3.05) is 13.7 Å². The number of carboxylic acid groups (broad SMARTS) is 1. The van der Waals surface area contributed by atoms with Crippen molar-refractivity contribution in [3.05, 3.63) is 30.1 Å². The number of nitrogens with one attached hydrogen (secondary N) is 1. The molecule has 1 unspecified atom stereocenters. The third-order valence-corrected chi connectivity index (χ3v) is 2.38. The van der Waals surface area contributed by atoms with E-state index in [-0.39, 0.29) is 18.9 Å². The zero-order chi connectivity index (χ0) is 13.4. The van der Waals surface area contributed by atoms with Crippen LogP contribution in [0.3, 0.4) is 0 Å². The highest BCUT2D eigenvalue weighted by atomic mass is 16.5. The van der Waals surface area contributed by atoms with Gasteiger partial charge in [0.05, 0.1) is 6.54 Å². The molecule has 0 aliphatic carbocycles. The fraction of sp³-hybridized carbons (Fsp3) is 0.417. The van der Waals surface area contributed by atoms with Gasteiger partial charge in [0, 0.05) is 25.4 Å². The van der Waals surface area contributed by atoms with E-state index in [0.717, 1.165) is 5.69 Å². The monoisotopic (exact) mass is 252 g/mol. The molecule has 1 aromatic rings. The molecule has 1 atom stereocenters. The van der Waals surface area contributed by atoms with Gasteiger partial charge in [-0.05, 0) is 18.6 Å². The number of aliphatic carboxylic acids is 1. The Labute approximate surface area is 105 Å². The smallest absolute Gasteiger partial charge is 0.334 e. The Morgan fingerprint density at radius 1 is 1.50 bits per heavy atom. The average molecular weight is 252 g/mol. The van der Waals surface area contributed by atoms with Crippen LogP contribution in [0.25, 0.3) is 0 Å². The molecule has 18 heavy (non-hydrogen) atoms. The molecule has 1 amide bonds. The number of hydrogen-bond acceptors (Lipinski definition) is 4. The predicted octanol–water partition coefficient (Wildman–Crippen LogP) is 0.230. The van der Waals surface area contributed by atoms with Crippen molar-refractivity contribution in [2.45, 2.75) is 18.9 Å². The van der Waals surface area contributed by atoms with E-state index in [1.807, 2.05) is 12.1 Å². The summed E-state index contributed by atoms with van der Waals surface area (Å²) < 4.78 is 4.70. The van der Waals surface area contributed by atoms with Crippen LogP contribution in [0.2, 0.25) is 0 Å². The first-order valence-corrected chi connectivity index (χ1v) is 5.55. The molecule has 0 aromatic carbocycles. The minimum absolute atomic E-state index is 0.0348. The predicted molar refractivity (Wildman–Crippen MR) is 64.0 cm³/mol. The molecule has 1 rings (SSSR count). The molecule has 0 aliphatic rings. The first kappa shape index (κ1) is 14.1. The van der Waals surface area contributed by atoms with Crippen molar-refractivity contribution in [3.8, 4) is 0 Å². The third-order valence-electron chi connectivity index (χ3n) is 2.38. The Kier molecular flexibility index (Phi) is 5.79. The number of pyridine rings is 1. The lowest BCUT2D eigenvalue weighted by molar-refractivity contribution is -0.148. The lowest BCUT2D eigenvalue weighted by Gasteiger charge is -2.11. The minimum Gasteiger partial charge on any atom is -0.479 e. The van der Waals surface area contributed by atoms with Gasteiger partial charge < -0.3 is 15.2 Å². The normalized spacial score (nSPS) is 11.8. The molecule has 6 heteroatoms. The fourth-order valence-corrected chi connectivity index (χ4v) is 1.35. The van der Waals surface area contributed by atoms with Crippen LogP contribution < -0.4 is 5.32 Å². The molecule has 0 saturated heterocycles. The van der Waals surface area contributed by atoms with E-state index in [0.29, 0.717) is 6.42 Å². The number of nitrogens with zero attached hydrogens (tertiary/aromatic N) is 1. The van der Waals surface area contributed by atoms with Crippen LogP contribution in [-0.4, -0.2) is 41.7 Å². The van der Waals surface area contributed by atoms with Gasteiger partial charge in [0.25, 0.3) is 0 Å². The molecule has 0 radical (unpaired) electrons. The first-order chi connectivity index (χ1) is 8.63. The molecule has 0 aliphatic heterocycles. The summed E-state index contributed by atoms with van der Waals surface area (Å²) in [5.41, 5.74) is 0.828. The van der Waals surface area contributed by atoms with E-state index in [9.17, 15) is 9.59 Å². The quantitative estimate of drug-likeness (QED) is 0.725. The maximum atomic E-state index is 11.5. The minimum atomic E-state index is -1.09. The molecule has 1 aromatic heterocycles. The van der Waals surface area contributed by atoms with Gasteiger partial charge in [0.2, 0.25) is 5.91 Å². The number of aryl methyl sites for hydroxylation is 1. The molecule has 0 bridgehead atoms. The largest absolute Gasteiger partial charge is 0.479 e. The summed E-state index contributed by atoms with van der Waals surface area (Å²) in [5.74, 6) is -1.31. The number of rotatable bonds is 7. The number of ether oxygens (including phenoxy) is 1. The topological polar surface area (TPSA) is 88.5 Å². The SMILES string of the molecule is COC(CNC(=O)CCc1ccccn1)C(=O)O. The van der Waals surface area contributed by atoms with Crippen LogP contribution in [0.1, 0.15) is 12.1 Å². The van der Waals surface area contributed by atoms with E-state index in [2.05, 4.69) is 10.3 Å². The van der Waals surface area contributed by atoms with Gasteiger partial charge in [-0.25, -0.2) is 4.79 Å². The van der Waals surface area contributed by atoms with Crippen molar-refractivity contribution in [3.63, 3.8) is 0 Å². The van der Waals surface area contributed by atoms with Gasteiger partial charge in [-0.3, -0.25) is 9.78 Å². The van der Waals surface area contributed by atoms with Gasteiger partial charge in [0.15, 0.2) is 6.10 Å². The molecule has 2 N–H and O–H groups in total. The molecule has 1 heterocycles. The lowest BCUT2D eigenvalue weighted by atomic mass is 10.2. The van der Waals surface area contributed by atoms with E-state index in [1.54, 1.807) is 12.3 Å². The van der Waals surface area contributed by atoms with Crippen molar-refractivity contribution in [2.24, 2.45) is 0 Å². The third kappa shape index (κ3) is 4.92. The van der Waals surface area contributed by atoms with E-state index < -0.39 is 12.1 Å². The van der Waals surface area contributed by atoms with Crippen LogP contribution in [0, 0.1) is 0 Å². The number of hydrogen-bond donors (Lipinski definition) is 2. The zero-order valence-corrected chi connectivity index (χ0v) is 10.1. The van der Waals surface area contributed by atoms with E-state index in [1.165, 1.54) is 7.11 Å². The number of carbonyl (C=O) groups is 2. The van der Waals surface area contributed by atoms with Crippen molar-refractivity contribution in [1.29, 1.82) is 0 Å². The summed E-state index contributed by atoms with van der Waals surface area (Å²) in [6.45, 7) is -0.0348. The van der Waals surface area contributed by atoms with Crippen molar-refractivity contribution >= 4 is 11.9 Å². The second kappa shape index (κ2) is 7.39. The fourth-order valence-electron chi connectivity index (χ4n) is 1.35. The van der Waals surface area contributed by atoms with Crippen LogP contribution in [0.4, 0.5) is 0 Å². The molecule has 6 nitrogen and oxygen atoms in total. The molecule has 0 fully saturated rings. The Morgan fingerprint density at radius 2 is 2.28 bits per heavy atom. The summed E-state index contributed by atoms with van der Waals surface area (Å²) in [6, 6.07) is 5.49. The summed E-state index contributed by atoms with van der Waals surface area (Å²) in [5, 5.41) is 11.2. The highest BCUT2D eigenvalue weighted by molar-refractivity contribution is 5.78. The summed E-state index contributed by atoms with van der Waals surface area (Å²) in [6.07, 6.45) is 1.45. The number of carboxylic acids is 1. The molecular weight excluding hydrogens is 236 g/mol. The lowest BCUT2D eigenvalue weighted by Crippen LogP contribution is -2.37. The zero-order valence-electron chi connectivity index (χ0n) is 10.1. The van der Waals surface area contributed by atoms with Gasteiger partial charge in [-0.1, -0.05) is 6.07 Å². The van der Waals surface area contributed by atoms with Gasteiger partial charge in [-0.15, -0.1) is 0 Å². The molecular formula is C12H16N2O4. The second-order valence-electron chi connectivity index (χ2n) is 3.69. The highest BCUT2D eigenvalue weighted by Gasteiger charge is 2.16. The highest BCUT2D eigenvalue weighted by Crippen LogP contribution is 1.98. The summed E-state index contributed by atoms with van der Waals surface area (Å²) in [4.78, 5) is 26.2. The second-order valence-corrected chi connectivity index (χ2v) is 3.69. The Bertz CT molecular complexity index is 394. The Balaban J connectivity index is 2.28. The van der Waals surface area contributed by atoms with E-state index in [4.69, 9.17) is 9.84 Å². The Hall–Kier alpha value is -1.95. The van der Waals surface area contributed by atoms with E-state index >= 15 is 0 Å². The molecule has 98 valence electrons. The van der Waals surface area contributed by atoms with Gasteiger partial charge in [-0.2, -0.15) is 0 Å². The van der Waals surface area contributed by atoms with Gasteiger partial charge in [0.1, 0.15) is 0 Å². The van der Waals surface area contributed by atoms with Crippen LogP contribution >= 0.6 is 0 Å². The maximum absolute atomic E-state index is 11.5. The van der Waals surface area contributed by atoms with Crippen LogP contribution in [0.5, 0.6) is 0 Å². The van der Waals surface area contributed by atoms with Gasteiger partial charge >= 0.3 is 5.97 Å². The molecule has 0 spiro atoms.